The van der Waals surface area contributed by atoms with Crippen molar-refractivity contribution in [2.45, 2.75) is 64.1 Å². The van der Waals surface area contributed by atoms with E-state index in [0.717, 1.165) is 25.8 Å². The summed E-state index contributed by atoms with van der Waals surface area (Å²) in [6, 6.07) is 0.255. The van der Waals surface area contributed by atoms with Gasteiger partial charge in [-0.3, -0.25) is 4.79 Å². The van der Waals surface area contributed by atoms with Gasteiger partial charge in [-0.15, -0.1) is 0 Å². The molecule has 3 unspecified atom stereocenters. The first-order chi connectivity index (χ1) is 8.55. The van der Waals surface area contributed by atoms with Crippen LogP contribution < -0.4 is 10.6 Å². The van der Waals surface area contributed by atoms with Crippen molar-refractivity contribution in [1.29, 1.82) is 0 Å². The Balaban J connectivity index is 1.84. The first kappa shape index (κ1) is 13.8. The van der Waals surface area contributed by atoms with Crippen molar-refractivity contribution in [3.8, 4) is 0 Å². The van der Waals surface area contributed by atoms with Crippen LogP contribution in [0.3, 0.4) is 0 Å². The summed E-state index contributed by atoms with van der Waals surface area (Å²) in [5, 5.41) is 6.53. The van der Waals surface area contributed by atoms with Crippen LogP contribution in [-0.2, 0) is 9.53 Å². The molecule has 18 heavy (non-hydrogen) atoms. The molecule has 1 saturated carbocycles. The second-order valence-electron chi connectivity index (χ2n) is 6.20. The average molecular weight is 254 g/mol. The molecule has 0 aromatic carbocycles. The van der Waals surface area contributed by atoms with E-state index in [-0.39, 0.29) is 29.5 Å². The summed E-state index contributed by atoms with van der Waals surface area (Å²) in [6.07, 6.45) is 5.74. The average Bonchev–Trinajstić information content (AvgIpc) is 2.62. The number of rotatable bonds is 3. The van der Waals surface area contributed by atoms with Gasteiger partial charge in [0, 0.05) is 18.6 Å². The summed E-state index contributed by atoms with van der Waals surface area (Å²) >= 11 is 0. The molecule has 2 N–H and O–H groups in total. The molecule has 1 amide bonds. The van der Waals surface area contributed by atoms with E-state index in [0.29, 0.717) is 0 Å². The molecule has 0 bridgehead atoms. The van der Waals surface area contributed by atoms with Gasteiger partial charge in [0.05, 0.1) is 12.1 Å². The molecule has 1 aliphatic carbocycles. The maximum atomic E-state index is 12.2. The summed E-state index contributed by atoms with van der Waals surface area (Å²) < 4.78 is 5.41. The van der Waals surface area contributed by atoms with Gasteiger partial charge < -0.3 is 15.4 Å². The summed E-state index contributed by atoms with van der Waals surface area (Å²) in [6.45, 7) is 5.29. The Morgan fingerprint density at radius 2 is 2.11 bits per heavy atom. The minimum atomic E-state index is 0.00453. The molecule has 0 aromatic rings. The van der Waals surface area contributed by atoms with Gasteiger partial charge >= 0.3 is 0 Å². The summed E-state index contributed by atoms with van der Waals surface area (Å²) in [4.78, 5) is 12.2. The minimum absolute atomic E-state index is 0.00453. The number of methoxy groups -OCH3 is 1. The Hall–Kier alpha value is -0.610. The van der Waals surface area contributed by atoms with Crippen molar-refractivity contribution in [1.82, 2.24) is 10.6 Å². The van der Waals surface area contributed by atoms with Gasteiger partial charge in [-0.25, -0.2) is 0 Å². The number of ether oxygens (including phenoxy) is 1. The van der Waals surface area contributed by atoms with Crippen LogP contribution in [0.5, 0.6) is 0 Å². The first-order valence-corrected chi connectivity index (χ1v) is 7.12. The standard InChI is InChI=1S/C14H26N2O2/c1-14(2)11(9-12(14)18-3)16-13(17)10-7-5-4-6-8-15-10/h10-12,15H,4-9H2,1-3H3,(H,16,17). The molecule has 0 aromatic heterocycles. The van der Waals surface area contributed by atoms with Crippen molar-refractivity contribution in [3.05, 3.63) is 0 Å². The minimum Gasteiger partial charge on any atom is -0.381 e. The Kier molecular flexibility index (Phi) is 4.28. The summed E-state index contributed by atoms with van der Waals surface area (Å²) in [5.74, 6) is 0.171. The van der Waals surface area contributed by atoms with E-state index < -0.39 is 0 Å². The van der Waals surface area contributed by atoms with Crippen molar-refractivity contribution in [2.24, 2.45) is 5.41 Å². The van der Waals surface area contributed by atoms with Crippen molar-refractivity contribution < 1.29 is 9.53 Å². The van der Waals surface area contributed by atoms with Crippen LogP contribution in [0.15, 0.2) is 0 Å². The fraction of sp³-hybridized carbons (Fsp3) is 0.929. The number of hydrogen-bond acceptors (Lipinski definition) is 3. The van der Waals surface area contributed by atoms with E-state index in [1.807, 2.05) is 0 Å². The maximum Gasteiger partial charge on any atom is 0.237 e. The van der Waals surface area contributed by atoms with E-state index in [1.54, 1.807) is 7.11 Å². The van der Waals surface area contributed by atoms with Gasteiger partial charge in [0.2, 0.25) is 5.91 Å². The molecule has 2 fully saturated rings. The molecular formula is C14H26N2O2. The second-order valence-corrected chi connectivity index (χ2v) is 6.20. The lowest BCUT2D eigenvalue weighted by Gasteiger charge is -2.51. The highest BCUT2D eigenvalue weighted by Crippen LogP contribution is 2.42. The molecular weight excluding hydrogens is 228 g/mol. The fourth-order valence-corrected chi connectivity index (χ4v) is 3.06. The molecule has 104 valence electrons. The van der Waals surface area contributed by atoms with Crippen molar-refractivity contribution in [3.63, 3.8) is 0 Å². The third-order valence-electron chi connectivity index (χ3n) is 4.66. The van der Waals surface area contributed by atoms with E-state index >= 15 is 0 Å². The molecule has 0 spiro atoms. The van der Waals surface area contributed by atoms with Gasteiger partial charge in [-0.2, -0.15) is 0 Å². The Morgan fingerprint density at radius 3 is 2.78 bits per heavy atom. The monoisotopic (exact) mass is 254 g/mol. The Bertz CT molecular complexity index is 296. The molecule has 1 heterocycles. The summed E-state index contributed by atoms with van der Waals surface area (Å²) in [5.41, 5.74) is 0.0507. The maximum absolute atomic E-state index is 12.2. The number of carbonyl (C=O) groups excluding carboxylic acids is 1. The van der Waals surface area contributed by atoms with Crippen LogP contribution >= 0.6 is 0 Å². The number of hydrogen-bond donors (Lipinski definition) is 2. The van der Waals surface area contributed by atoms with E-state index in [1.165, 1.54) is 12.8 Å². The van der Waals surface area contributed by atoms with Crippen LogP contribution in [0.1, 0.15) is 46.0 Å². The SMILES string of the molecule is COC1CC(NC(=O)C2CCCCCN2)C1(C)C. The Labute approximate surface area is 110 Å². The van der Waals surface area contributed by atoms with Crippen LogP contribution in [0.2, 0.25) is 0 Å². The van der Waals surface area contributed by atoms with Crippen LogP contribution in [-0.4, -0.2) is 37.7 Å². The topological polar surface area (TPSA) is 50.4 Å². The molecule has 1 saturated heterocycles. The third-order valence-corrected chi connectivity index (χ3v) is 4.66. The third kappa shape index (κ3) is 2.69. The predicted octanol–water partition coefficient (Wildman–Crippen LogP) is 1.45. The molecule has 4 nitrogen and oxygen atoms in total. The quantitative estimate of drug-likeness (QED) is 0.801. The molecule has 2 aliphatic rings. The van der Waals surface area contributed by atoms with E-state index in [4.69, 9.17) is 4.74 Å². The zero-order valence-electron chi connectivity index (χ0n) is 11.8. The van der Waals surface area contributed by atoms with Crippen molar-refractivity contribution in [2.75, 3.05) is 13.7 Å². The van der Waals surface area contributed by atoms with E-state index in [9.17, 15) is 4.79 Å². The van der Waals surface area contributed by atoms with Gasteiger partial charge in [0.25, 0.3) is 0 Å². The van der Waals surface area contributed by atoms with Gasteiger partial charge in [-0.1, -0.05) is 26.7 Å². The van der Waals surface area contributed by atoms with Crippen LogP contribution in [0.25, 0.3) is 0 Å². The van der Waals surface area contributed by atoms with Crippen LogP contribution in [0, 0.1) is 5.41 Å². The van der Waals surface area contributed by atoms with Crippen LogP contribution in [0.4, 0.5) is 0 Å². The highest BCUT2D eigenvalue weighted by atomic mass is 16.5. The highest BCUT2D eigenvalue weighted by molar-refractivity contribution is 5.82. The predicted molar refractivity (Wildman–Crippen MR) is 71.4 cm³/mol. The van der Waals surface area contributed by atoms with Gasteiger partial charge in [-0.05, 0) is 25.8 Å². The highest BCUT2D eigenvalue weighted by Gasteiger charge is 2.49. The second kappa shape index (κ2) is 5.57. The molecule has 4 heteroatoms. The molecule has 3 atom stereocenters. The first-order valence-electron chi connectivity index (χ1n) is 7.12. The number of amides is 1. The lowest BCUT2D eigenvalue weighted by Crippen LogP contribution is -2.63. The van der Waals surface area contributed by atoms with Gasteiger partial charge in [0.15, 0.2) is 0 Å². The van der Waals surface area contributed by atoms with Gasteiger partial charge in [0.1, 0.15) is 0 Å². The number of nitrogens with one attached hydrogen (secondary N) is 2. The normalized spacial score (nSPS) is 35.4. The molecule has 1 aliphatic heterocycles. The zero-order chi connectivity index (χ0) is 13.2. The molecule has 0 radical (unpaired) electrons. The zero-order valence-corrected chi connectivity index (χ0v) is 11.8. The summed E-state index contributed by atoms with van der Waals surface area (Å²) in [7, 11) is 1.75. The Morgan fingerprint density at radius 1 is 1.33 bits per heavy atom. The largest absolute Gasteiger partial charge is 0.381 e. The van der Waals surface area contributed by atoms with Crippen molar-refractivity contribution >= 4 is 5.91 Å². The molecule has 2 rings (SSSR count). The number of carbonyl (C=O) groups is 1. The fourth-order valence-electron chi connectivity index (χ4n) is 3.06. The smallest absolute Gasteiger partial charge is 0.237 e. The lowest BCUT2D eigenvalue weighted by molar-refractivity contribution is -0.134. The lowest BCUT2D eigenvalue weighted by atomic mass is 9.64. The van der Waals surface area contributed by atoms with E-state index in [2.05, 4.69) is 24.5 Å².